The van der Waals surface area contributed by atoms with Crippen molar-refractivity contribution >= 4 is 0 Å². The smallest absolute Gasteiger partial charge is 0.157 e. The summed E-state index contributed by atoms with van der Waals surface area (Å²) in [6.45, 7) is 10.7. The van der Waals surface area contributed by atoms with Crippen LogP contribution in [0.25, 0.3) is 0 Å². The predicted molar refractivity (Wildman–Crippen MR) is 75.1 cm³/mol. The molecule has 4 heteroatoms. The topological polar surface area (TPSA) is 39.1 Å². The van der Waals surface area contributed by atoms with Crippen LogP contribution in [-0.2, 0) is 0 Å². The molecular weight excluding hydrogens is 226 g/mol. The lowest BCUT2D eigenvalue weighted by Crippen LogP contribution is -2.19. The number of nitrogens with one attached hydrogen (secondary N) is 1. The van der Waals surface area contributed by atoms with Crippen molar-refractivity contribution in [2.24, 2.45) is 0 Å². The van der Waals surface area contributed by atoms with E-state index in [1.807, 2.05) is 10.9 Å². The summed E-state index contributed by atoms with van der Waals surface area (Å²) in [6.07, 6.45) is 7.43. The fraction of sp³-hybridized carbons (Fsp3) is 0.786. The van der Waals surface area contributed by atoms with E-state index >= 15 is 0 Å². The molecule has 1 heterocycles. The van der Waals surface area contributed by atoms with Crippen LogP contribution in [0.5, 0.6) is 5.75 Å². The Labute approximate surface area is 111 Å². The number of hydrogen-bond donors (Lipinski definition) is 1. The van der Waals surface area contributed by atoms with E-state index in [1.165, 1.54) is 6.42 Å². The van der Waals surface area contributed by atoms with Crippen molar-refractivity contribution in [1.29, 1.82) is 0 Å². The third-order valence-corrected chi connectivity index (χ3v) is 2.84. The third-order valence-electron chi connectivity index (χ3n) is 2.84. The molecular formula is C14H27N3O. The normalized spacial score (nSPS) is 12.9. The second-order valence-corrected chi connectivity index (χ2v) is 5.07. The van der Waals surface area contributed by atoms with Crippen LogP contribution >= 0.6 is 0 Å². The molecule has 0 fully saturated rings. The summed E-state index contributed by atoms with van der Waals surface area (Å²) in [5.41, 5.74) is 0. The number of aromatic nitrogens is 2. The zero-order chi connectivity index (χ0) is 13.4. The molecule has 0 aliphatic rings. The molecule has 1 aromatic heterocycles. The van der Waals surface area contributed by atoms with E-state index in [4.69, 9.17) is 4.74 Å². The van der Waals surface area contributed by atoms with Gasteiger partial charge >= 0.3 is 0 Å². The van der Waals surface area contributed by atoms with E-state index in [-0.39, 0.29) is 6.10 Å². The van der Waals surface area contributed by atoms with Crippen LogP contribution in [0.4, 0.5) is 0 Å². The summed E-state index contributed by atoms with van der Waals surface area (Å²) >= 11 is 0. The molecule has 1 aromatic rings. The molecule has 1 atom stereocenters. The van der Waals surface area contributed by atoms with Gasteiger partial charge in [-0.15, -0.1) is 0 Å². The van der Waals surface area contributed by atoms with Crippen LogP contribution in [0.2, 0.25) is 0 Å². The molecule has 0 spiro atoms. The lowest BCUT2D eigenvalue weighted by atomic mass is 10.2. The van der Waals surface area contributed by atoms with Gasteiger partial charge in [-0.3, -0.25) is 4.68 Å². The fourth-order valence-corrected chi connectivity index (χ4v) is 1.77. The summed E-state index contributed by atoms with van der Waals surface area (Å²) in [6, 6.07) is 0.385. The highest BCUT2D eigenvalue weighted by Gasteiger charge is 2.07. The first-order valence-electron chi connectivity index (χ1n) is 7.05. The number of ether oxygens (including phenoxy) is 1. The van der Waals surface area contributed by atoms with Gasteiger partial charge in [0.25, 0.3) is 0 Å². The minimum atomic E-state index is 0.248. The van der Waals surface area contributed by atoms with Gasteiger partial charge in [0.2, 0.25) is 0 Å². The quantitative estimate of drug-likeness (QED) is 0.688. The highest BCUT2D eigenvalue weighted by Crippen LogP contribution is 2.15. The summed E-state index contributed by atoms with van der Waals surface area (Å²) in [4.78, 5) is 0. The molecule has 4 nitrogen and oxygen atoms in total. The molecule has 0 radical (unpaired) electrons. The largest absolute Gasteiger partial charge is 0.487 e. The van der Waals surface area contributed by atoms with E-state index in [0.717, 1.165) is 31.7 Å². The Bertz CT molecular complexity index is 323. The van der Waals surface area contributed by atoms with Crippen LogP contribution < -0.4 is 10.1 Å². The summed E-state index contributed by atoms with van der Waals surface area (Å²) in [7, 11) is 0. The first-order chi connectivity index (χ1) is 8.63. The van der Waals surface area contributed by atoms with Crippen molar-refractivity contribution in [3.05, 3.63) is 12.4 Å². The monoisotopic (exact) mass is 253 g/mol. The second kappa shape index (κ2) is 8.14. The van der Waals surface area contributed by atoms with Gasteiger partial charge in [-0.2, -0.15) is 5.10 Å². The SMILES string of the molecule is CCCNCCCC(C)Oc1cnn(C(C)C)c1. The number of hydrogen-bond acceptors (Lipinski definition) is 3. The molecule has 1 unspecified atom stereocenters. The molecule has 0 bridgehead atoms. The minimum Gasteiger partial charge on any atom is -0.487 e. The maximum absolute atomic E-state index is 5.84. The molecule has 0 saturated carbocycles. The molecule has 18 heavy (non-hydrogen) atoms. The van der Waals surface area contributed by atoms with Gasteiger partial charge in [0.1, 0.15) is 0 Å². The van der Waals surface area contributed by atoms with Crippen LogP contribution in [0, 0.1) is 0 Å². The maximum Gasteiger partial charge on any atom is 0.157 e. The predicted octanol–water partition coefficient (Wildman–Crippen LogP) is 3.01. The minimum absolute atomic E-state index is 0.248. The molecule has 0 aliphatic heterocycles. The molecule has 1 N–H and O–H groups in total. The van der Waals surface area contributed by atoms with E-state index in [9.17, 15) is 0 Å². The first kappa shape index (κ1) is 15.0. The molecule has 0 aromatic carbocycles. The fourth-order valence-electron chi connectivity index (χ4n) is 1.77. The second-order valence-electron chi connectivity index (χ2n) is 5.07. The summed E-state index contributed by atoms with van der Waals surface area (Å²) in [5.74, 6) is 0.873. The zero-order valence-corrected chi connectivity index (χ0v) is 12.1. The van der Waals surface area contributed by atoms with E-state index in [0.29, 0.717) is 6.04 Å². The Morgan fingerprint density at radius 2 is 2.11 bits per heavy atom. The van der Waals surface area contributed by atoms with Crippen molar-refractivity contribution in [2.45, 2.75) is 59.1 Å². The highest BCUT2D eigenvalue weighted by molar-refractivity contribution is 5.12. The van der Waals surface area contributed by atoms with Crippen molar-refractivity contribution < 1.29 is 4.74 Å². The molecule has 104 valence electrons. The highest BCUT2D eigenvalue weighted by atomic mass is 16.5. The summed E-state index contributed by atoms with van der Waals surface area (Å²) in [5, 5.41) is 7.67. The lowest BCUT2D eigenvalue weighted by molar-refractivity contribution is 0.207. The van der Waals surface area contributed by atoms with Crippen molar-refractivity contribution in [3.8, 4) is 5.75 Å². The van der Waals surface area contributed by atoms with Crippen LogP contribution in [0.15, 0.2) is 12.4 Å². The average Bonchev–Trinajstić information content (AvgIpc) is 2.77. The Kier molecular flexibility index (Phi) is 6.80. The number of nitrogens with zero attached hydrogens (tertiary/aromatic N) is 2. The Hall–Kier alpha value is -1.03. The van der Waals surface area contributed by atoms with Crippen LogP contribution in [0.3, 0.4) is 0 Å². The van der Waals surface area contributed by atoms with E-state index in [1.54, 1.807) is 6.20 Å². The van der Waals surface area contributed by atoms with Gasteiger partial charge in [-0.1, -0.05) is 6.92 Å². The molecule has 1 rings (SSSR count). The van der Waals surface area contributed by atoms with Gasteiger partial charge in [0.15, 0.2) is 5.75 Å². The van der Waals surface area contributed by atoms with E-state index in [2.05, 4.69) is 38.1 Å². The van der Waals surface area contributed by atoms with Crippen molar-refractivity contribution in [1.82, 2.24) is 15.1 Å². The molecule has 0 saturated heterocycles. The van der Waals surface area contributed by atoms with Gasteiger partial charge in [-0.25, -0.2) is 0 Å². The van der Waals surface area contributed by atoms with Crippen molar-refractivity contribution in [3.63, 3.8) is 0 Å². The third kappa shape index (κ3) is 5.54. The summed E-state index contributed by atoms with van der Waals surface area (Å²) < 4.78 is 7.76. The lowest BCUT2D eigenvalue weighted by Gasteiger charge is -2.13. The van der Waals surface area contributed by atoms with Gasteiger partial charge in [-0.05, 0) is 53.1 Å². The Balaban J connectivity index is 2.20. The Morgan fingerprint density at radius 3 is 2.72 bits per heavy atom. The van der Waals surface area contributed by atoms with Crippen molar-refractivity contribution in [2.75, 3.05) is 13.1 Å². The van der Waals surface area contributed by atoms with Crippen LogP contribution in [0.1, 0.15) is 53.0 Å². The molecule has 0 aliphatic carbocycles. The zero-order valence-electron chi connectivity index (χ0n) is 12.1. The number of rotatable bonds is 9. The first-order valence-corrected chi connectivity index (χ1v) is 7.05. The maximum atomic E-state index is 5.84. The average molecular weight is 253 g/mol. The molecule has 0 amide bonds. The Morgan fingerprint density at radius 1 is 1.33 bits per heavy atom. The van der Waals surface area contributed by atoms with Gasteiger partial charge in [0, 0.05) is 6.04 Å². The van der Waals surface area contributed by atoms with Crippen LogP contribution in [-0.4, -0.2) is 29.0 Å². The standard InChI is InChI=1S/C14H27N3O/c1-5-8-15-9-6-7-13(4)18-14-10-16-17(11-14)12(2)3/h10-13,15H,5-9H2,1-4H3. The van der Waals surface area contributed by atoms with Gasteiger partial charge < -0.3 is 10.1 Å². The van der Waals surface area contributed by atoms with Gasteiger partial charge in [0.05, 0.1) is 18.5 Å². The van der Waals surface area contributed by atoms with E-state index < -0.39 is 0 Å².